The first-order valence-corrected chi connectivity index (χ1v) is 19.3. The van der Waals surface area contributed by atoms with Crippen molar-refractivity contribution in [2.45, 2.75) is 83.2 Å². The van der Waals surface area contributed by atoms with E-state index in [0.29, 0.717) is 63.7 Å². The van der Waals surface area contributed by atoms with Gasteiger partial charge in [0.25, 0.3) is 0 Å². The van der Waals surface area contributed by atoms with Crippen LogP contribution in [0.2, 0.25) is 10.0 Å². The van der Waals surface area contributed by atoms with E-state index in [1.165, 1.54) is 6.07 Å². The summed E-state index contributed by atoms with van der Waals surface area (Å²) in [5, 5.41) is 15.4. The normalized spacial score (nSPS) is 23.6. The Kier molecular flexibility index (Phi) is 8.73. The Bertz CT molecular complexity index is 2330. The lowest BCUT2D eigenvalue weighted by Crippen LogP contribution is -2.41. The Morgan fingerprint density at radius 3 is 2.62 bits per heavy atom. The van der Waals surface area contributed by atoms with Crippen LogP contribution in [0.1, 0.15) is 72.3 Å². The molecule has 1 N–H and O–H groups in total. The maximum absolute atomic E-state index is 17.2. The van der Waals surface area contributed by atoms with E-state index in [4.69, 9.17) is 32.9 Å². The van der Waals surface area contributed by atoms with Crippen LogP contribution in [0.3, 0.4) is 0 Å². The molecule has 2 aliphatic carbocycles. The smallest absolute Gasteiger partial charge is 0.226 e. The lowest BCUT2D eigenvalue weighted by Gasteiger charge is -2.39. The zero-order chi connectivity index (χ0) is 36.7. The van der Waals surface area contributed by atoms with E-state index in [1.54, 1.807) is 24.3 Å². The molecule has 2 aromatic heterocycles. The number of aromatic nitrogens is 2. The predicted molar refractivity (Wildman–Crippen MR) is 202 cm³/mol. The SMILES string of the molecule is Cc1cccc(F)c1CO[C@H]1C[C@H](c2cc3c(C)nc4c(F)c(-c5cccc(Cl)c5Cl)c(CCC#N)cc4c3n2[C@H]2[C@H]3CN[C@@H]2C3)N(C(=O)C2CC2)C1. The van der Waals surface area contributed by atoms with Crippen LogP contribution in [-0.2, 0) is 22.6 Å². The third-order valence-corrected chi connectivity index (χ3v) is 12.9. The third kappa shape index (κ3) is 5.72. The minimum Gasteiger partial charge on any atom is -0.371 e. The molecular weight excluding hydrogens is 715 g/mol. The van der Waals surface area contributed by atoms with E-state index in [9.17, 15) is 14.4 Å². The molecule has 3 aliphatic heterocycles. The molecule has 0 spiro atoms. The van der Waals surface area contributed by atoms with Crippen LogP contribution in [0, 0.1) is 48.6 Å². The number of carbonyl (C=O) groups excluding carboxylic acids is 1. The highest BCUT2D eigenvalue weighted by atomic mass is 35.5. The molecule has 3 saturated heterocycles. The summed E-state index contributed by atoms with van der Waals surface area (Å²) in [5.74, 6) is -0.285. The molecule has 5 heterocycles. The summed E-state index contributed by atoms with van der Waals surface area (Å²) in [4.78, 5) is 20.9. The average Bonchev–Trinajstić information content (AvgIpc) is 3.43. The monoisotopic (exact) mass is 753 g/mol. The van der Waals surface area contributed by atoms with Crippen LogP contribution in [0.5, 0.6) is 0 Å². The van der Waals surface area contributed by atoms with Gasteiger partial charge in [0.1, 0.15) is 11.3 Å². The highest BCUT2D eigenvalue weighted by Gasteiger charge is 2.51. The van der Waals surface area contributed by atoms with Crippen LogP contribution < -0.4 is 5.32 Å². The lowest BCUT2D eigenvalue weighted by atomic mass is 9.79. The van der Waals surface area contributed by atoms with Gasteiger partial charge in [0.15, 0.2) is 5.82 Å². The Morgan fingerprint density at radius 1 is 1.09 bits per heavy atom. The molecule has 5 atom stereocenters. The fourth-order valence-corrected chi connectivity index (χ4v) is 9.55. The van der Waals surface area contributed by atoms with Gasteiger partial charge in [-0.05, 0) is 80.8 Å². The standard InChI is InChI=1S/C42H39Cl2F2N5O2/c1-21-6-3-10-32(45)30(21)20-53-26-16-34(50(19-26)42(52)23-11-12-23)35-17-28-22(2)49-39-29(41(28)51(35)40-25-15-33(40)48-18-25)14-24(7-5-13-47)36(38(39)46)27-8-4-9-31(43)37(27)44/h3-4,6,8-10,14,17,23,25-26,33-34,40,48H,5,7,11-12,15-16,18-20H2,1-2H3/t25-,26+,33-,34-,40+/m1/s1. The van der Waals surface area contributed by atoms with Crippen molar-refractivity contribution in [2.75, 3.05) is 13.1 Å². The summed E-state index contributed by atoms with van der Waals surface area (Å²) >= 11 is 13.1. The number of nitrogens with zero attached hydrogens (tertiary/aromatic N) is 4. The summed E-state index contributed by atoms with van der Waals surface area (Å²) in [7, 11) is 0. The van der Waals surface area contributed by atoms with Crippen LogP contribution in [0.25, 0.3) is 32.9 Å². The Labute approximate surface area is 316 Å². The maximum atomic E-state index is 17.2. The maximum Gasteiger partial charge on any atom is 0.226 e. The van der Waals surface area contributed by atoms with Crippen LogP contribution >= 0.6 is 23.2 Å². The number of hydrogen-bond acceptors (Lipinski definition) is 5. The number of aryl methyl sites for hydroxylation is 3. The average molecular weight is 755 g/mol. The largest absolute Gasteiger partial charge is 0.371 e. The van der Waals surface area contributed by atoms with Crippen molar-refractivity contribution >= 4 is 50.9 Å². The van der Waals surface area contributed by atoms with Crippen molar-refractivity contribution in [3.63, 3.8) is 0 Å². The molecule has 1 amide bonds. The number of fused-ring (bicyclic) bond motifs is 4. The number of halogens is 4. The van der Waals surface area contributed by atoms with Crippen molar-refractivity contribution in [3.8, 4) is 17.2 Å². The molecule has 7 nitrogen and oxygen atoms in total. The minimum atomic E-state index is -0.503. The Morgan fingerprint density at radius 2 is 1.91 bits per heavy atom. The number of ether oxygens (including phenoxy) is 1. The van der Waals surface area contributed by atoms with E-state index in [0.717, 1.165) is 48.0 Å². The molecule has 2 saturated carbocycles. The van der Waals surface area contributed by atoms with Gasteiger partial charge in [-0.1, -0.05) is 47.5 Å². The summed E-state index contributed by atoms with van der Waals surface area (Å²) in [6, 6.07) is 16.6. The number of nitrogens with one attached hydrogen (secondary N) is 1. The van der Waals surface area contributed by atoms with Crippen LogP contribution in [0.15, 0.2) is 48.5 Å². The second-order valence-electron chi connectivity index (χ2n) is 15.3. The van der Waals surface area contributed by atoms with E-state index in [2.05, 4.69) is 22.0 Å². The predicted octanol–water partition coefficient (Wildman–Crippen LogP) is 9.32. The van der Waals surface area contributed by atoms with Gasteiger partial charge in [-0.15, -0.1) is 0 Å². The minimum absolute atomic E-state index is 0.00203. The van der Waals surface area contributed by atoms with Gasteiger partial charge >= 0.3 is 0 Å². The fourth-order valence-electron chi connectivity index (χ4n) is 9.16. The second kappa shape index (κ2) is 13.3. The Balaban J connectivity index is 1.22. The molecule has 5 aliphatic rings. The van der Waals surface area contributed by atoms with Gasteiger partial charge in [-0.2, -0.15) is 5.26 Å². The highest BCUT2D eigenvalue weighted by Crippen LogP contribution is 2.51. The summed E-state index contributed by atoms with van der Waals surface area (Å²) in [6.07, 6.45) is 3.57. The van der Waals surface area contributed by atoms with Crippen molar-refractivity contribution in [1.29, 1.82) is 5.26 Å². The fraction of sp³-hybridized carbons (Fsp3) is 0.405. The highest BCUT2D eigenvalue weighted by molar-refractivity contribution is 6.43. The molecule has 5 aromatic rings. The quantitative estimate of drug-likeness (QED) is 0.162. The molecule has 53 heavy (non-hydrogen) atoms. The van der Waals surface area contributed by atoms with Crippen LogP contribution in [-0.4, -0.2) is 45.6 Å². The summed E-state index contributed by atoms with van der Waals surface area (Å²) in [5.41, 5.74) is 5.56. The molecule has 11 heteroatoms. The van der Waals surface area contributed by atoms with Gasteiger partial charge in [0, 0.05) is 76.7 Å². The van der Waals surface area contributed by atoms with E-state index < -0.39 is 5.82 Å². The first-order chi connectivity index (χ1) is 25.6. The topological polar surface area (TPSA) is 83.2 Å². The molecule has 3 aromatic carbocycles. The molecule has 5 fully saturated rings. The van der Waals surface area contributed by atoms with Crippen molar-refractivity contribution in [2.24, 2.45) is 11.8 Å². The number of carbonyl (C=O) groups is 1. The zero-order valence-electron chi connectivity index (χ0n) is 29.6. The van der Waals surface area contributed by atoms with Gasteiger partial charge in [0.05, 0.1) is 46.4 Å². The van der Waals surface area contributed by atoms with Crippen molar-refractivity contribution in [3.05, 3.63) is 98.3 Å². The van der Waals surface area contributed by atoms with E-state index >= 15 is 4.39 Å². The molecule has 272 valence electrons. The summed E-state index contributed by atoms with van der Waals surface area (Å²) in [6.45, 7) is 5.21. The number of benzene rings is 3. The van der Waals surface area contributed by atoms with Gasteiger partial charge in [-0.25, -0.2) is 13.8 Å². The van der Waals surface area contributed by atoms with Gasteiger partial charge in [0.2, 0.25) is 5.91 Å². The number of amides is 1. The number of likely N-dealkylation sites (tertiary alicyclic amines) is 1. The second-order valence-corrected chi connectivity index (χ2v) is 16.0. The zero-order valence-corrected chi connectivity index (χ0v) is 31.1. The number of pyridine rings is 1. The first kappa shape index (κ1) is 34.7. The number of hydrogen-bond donors (Lipinski definition) is 1. The van der Waals surface area contributed by atoms with Crippen LogP contribution in [0.4, 0.5) is 8.78 Å². The summed E-state index contributed by atoms with van der Waals surface area (Å²) < 4.78 is 40.8. The Hall–Kier alpha value is -4.07. The van der Waals surface area contributed by atoms with E-state index in [-0.39, 0.29) is 65.4 Å². The molecule has 0 radical (unpaired) electrons. The van der Waals surface area contributed by atoms with Crippen molar-refractivity contribution in [1.82, 2.24) is 19.8 Å². The molecular formula is C42H39Cl2F2N5O2. The number of nitriles is 1. The first-order valence-electron chi connectivity index (χ1n) is 18.5. The van der Waals surface area contributed by atoms with Gasteiger partial charge < -0.3 is 19.5 Å². The van der Waals surface area contributed by atoms with Gasteiger partial charge in [-0.3, -0.25) is 4.79 Å². The van der Waals surface area contributed by atoms with E-state index in [1.807, 2.05) is 30.9 Å². The molecule has 0 unspecified atom stereocenters. The third-order valence-electron chi connectivity index (χ3n) is 12.1. The number of rotatable bonds is 9. The van der Waals surface area contributed by atoms with Crippen molar-refractivity contribution < 1.29 is 18.3 Å². The lowest BCUT2D eigenvalue weighted by molar-refractivity contribution is -0.134. The molecule has 2 bridgehead atoms. The molecule has 10 rings (SSSR count).